The lowest BCUT2D eigenvalue weighted by Crippen LogP contribution is -2.00. The molecule has 0 unspecified atom stereocenters. The van der Waals surface area contributed by atoms with Gasteiger partial charge in [0.1, 0.15) is 33.4 Å². The fraction of sp³-hybridized carbons (Fsp3) is 0. The summed E-state index contributed by atoms with van der Waals surface area (Å²) in [6, 6.07) is 33.3. The number of para-hydroxylation sites is 1. The second-order valence-corrected chi connectivity index (χ2v) is 14.0. The van der Waals surface area contributed by atoms with Crippen molar-refractivity contribution in [3.63, 3.8) is 0 Å². The highest BCUT2D eigenvalue weighted by atomic mass is 16.4. The molecule has 0 fully saturated rings. The Morgan fingerprint density at radius 3 is 1.46 bits per heavy atom. The maximum atomic E-state index is 11.2. The van der Waals surface area contributed by atoms with E-state index < -0.39 is 56.8 Å². The minimum atomic E-state index is -1.12. The van der Waals surface area contributed by atoms with Crippen molar-refractivity contribution in [2.24, 2.45) is 0 Å². The zero-order valence-corrected chi connectivity index (χ0v) is 30.1. The van der Waals surface area contributed by atoms with Crippen molar-refractivity contribution < 1.29 is 49.7 Å². The molecule has 286 valence electrons. The van der Waals surface area contributed by atoms with Gasteiger partial charge >= 0.3 is 0 Å². The monoisotopic (exact) mass is 782 g/mol. The number of fused-ring (bicyclic) bond motifs is 9. The normalized spacial score (nSPS) is 11.9. The van der Waals surface area contributed by atoms with Crippen LogP contribution in [0.2, 0.25) is 0 Å². The van der Waals surface area contributed by atoms with Crippen molar-refractivity contribution in [2.75, 3.05) is 0 Å². The van der Waals surface area contributed by atoms with E-state index in [1.54, 1.807) is 36.4 Å². The Hall–Kier alpha value is -8.65. The van der Waals surface area contributed by atoms with E-state index in [0.29, 0.717) is 56.1 Å². The van der Waals surface area contributed by atoms with Gasteiger partial charge in [0.25, 0.3) is 0 Å². The van der Waals surface area contributed by atoms with Crippen LogP contribution in [0, 0.1) is 0 Å². The van der Waals surface area contributed by atoms with Gasteiger partial charge in [0.2, 0.25) is 23.0 Å². The zero-order valence-electron chi connectivity index (χ0n) is 30.1. The van der Waals surface area contributed by atoms with Gasteiger partial charge in [-0.15, -0.1) is 0 Å². The van der Waals surface area contributed by atoms with Gasteiger partial charge < -0.3 is 54.3 Å². The van der Waals surface area contributed by atoms with Crippen molar-refractivity contribution in [3.05, 3.63) is 109 Å². The molecule has 0 atom stereocenters. The Morgan fingerprint density at radius 1 is 0.356 bits per heavy atom. The molecule has 14 nitrogen and oxygen atoms in total. The fourth-order valence-electron chi connectivity index (χ4n) is 7.98. The quantitative estimate of drug-likeness (QED) is 0.0615. The second kappa shape index (κ2) is 11.9. The number of hydrogen-bond acceptors (Lipinski definition) is 13. The average Bonchev–Trinajstić information content (AvgIpc) is 3.96. The predicted molar refractivity (Wildman–Crippen MR) is 218 cm³/mol. The third kappa shape index (κ3) is 4.64. The van der Waals surface area contributed by atoms with Gasteiger partial charge in [-0.05, 0) is 42.5 Å². The molecule has 0 saturated heterocycles. The van der Waals surface area contributed by atoms with E-state index in [-0.39, 0.29) is 16.7 Å². The molecule has 4 heterocycles. The zero-order chi connectivity index (χ0) is 40.4. The summed E-state index contributed by atoms with van der Waals surface area (Å²) in [6.07, 6.45) is 0. The van der Waals surface area contributed by atoms with Crippen molar-refractivity contribution in [3.8, 4) is 85.8 Å². The number of furan rings is 2. The maximum absolute atomic E-state index is 11.2. The number of rotatable bonds is 4. The Bertz CT molecular complexity index is 3530. The van der Waals surface area contributed by atoms with Gasteiger partial charge in [-0.25, -0.2) is 15.0 Å². The van der Waals surface area contributed by atoms with Crippen LogP contribution < -0.4 is 0 Å². The first-order valence-electron chi connectivity index (χ1n) is 18.1. The van der Waals surface area contributed by atoms with E-state index >= 15 is 0 Å². The second-order valence-electron chi connectivity index (χ2n) is 14.0. The van der Waals surface area contributed by atoms with Crippen LogP contribution in [0.5, 0.6) is 46.0 Å². The third-order valence-corrected chi connectivity index (χ3v) is 10.7. The lowest BCUT2D eigenvalue weighted by molar-refractivity contribution is 0.350. The minimum absolute atomic E-state index is 0.184. The first kappa shape index (κ1) is 33.7. The molecule has 4 aromatic heterocycles. The van der Waals surface area contributed by atoms with E-state index in [4.69, 9.17) is 23.8 Å². The summed E-state index contributed by atoms with van der Waals surface area (Å²) in [5.41, 5.74) is 3.62. The Kier molecular flexibility index (Phi) is 6.81. The number of aromatic nitrogens is 4. The molecule has 11 aromatic rings. The highest BCUT2D eigenvalue weighted by Crippen LogP contribution is 2.59. The molecule has 7 aromatic carbocycles. The van der Waals surface area contributed by atoms with E-state index in [0.717, 1.165) is 21.9 Å². The molecule has 0 amide bonds. The first-order valence-corrected chi connectivity index (χ1v) is 18.1. The van der Waals surface area contributed by atoms with Crippen LogP contribution in [0.4, 0.5) is 0 Å². The molecule has 0 saturated carbocycles. The number of phenolic OH excluding ortho intramolecular Hbond substituents is 8. The molecule has 0 bridgehead atoms. The van der Waals surface area contributed by atoms with Gasteiger partial charge in [-0.2, -0.15) is 0 Å². The summed E-state index contributed by atoms with van der Waals surface area (Å²) in [4.78, 5) is 14.6. The lowest BCUT2D eigenvalue weighted by Gasteiger charge is -2.13. The molecule has 8 N–H and O–H groups in total. The largest absolute Gasteiger partial charge is 0.504 e. The molecule has 0 aliphatic rings. The molecule has 11 rings (SSSR count). The number of nitrogens with zero attached hydrogens (tertiary/aromatic N) is 4. The van der Waals surface area contributed by atoms with Crippen LogP contribution in [-0.2, 0) is 0 Å². The number of phenols is 8. The Morgan fingerprint density at radius 2 is 0.831 bits per heavy atom. The minimum Gasteiger partial charge on any atom is -0.504 e. The van der Waals surface area contributed by atoms with Gasteiger partial charge in [-0.1, -0.05) is 66.7 Å². The summed E-state index contributed by atoms with van der Waals surface area (Å²) < 4.78 is 13.7. The number of aromatic hydroxyl groups is 8. The maximum Gasteiger partial charge on any atom is 0.206 e. The summed E-state index contributed by atoms with van der Waals surface area (Å²) in [7, 11) is 0. The van der Waals surface area contributed by atoms with E-state index in [9.17, 15) is 40.9 Å². The Labute approximate surface area is 329 Å². The number of hydrogen-bond donors (Lipinski definition) is 8. The van der Waals surface area contributed by atoms with Crippen molar-refractivity contribution in [1.29, 1.82) is 0 Å². The van der Waals surface area contributed by atoms with Crippen LogP contribution in [0.1, 0.15) is 0 Å². The van der Waals surface area contributed by atoms with Crippen molar-refractivity contribution >= 4 is 65.7 Å². The standard InChI is InChI=1S/C45H26N4O10/c50-35-31-32-34(38(53)42(57)40(55)36(32)51)49(33(31)37(52)41(56)39(35)54)25-10-6-12-27-30(25)24-16-14-21(18-29(24)59-27)45-47-43(19-7-2-1-3-8-19)46-44(48-45)20-13-15-23-22-9-4-5-11-26(22)58-28(23)17-20/h1-18,50-57H. The SMILES string of the molecule is Oc1c(O)c(O)c2c(c1O)c1c(O)c(O)c(O)c(O)c1n2-c1cccc2oc3cc(-c4nc(-c5ccccc5)nc(-c5ccc6c(c5)oc5ccccc56)n4)ccc3c12. The van der Waals surface area contributed by atoms with Gasteiger partial charge in [0.15, 0.2) is 40.5 Å². The molecule has 0 aliphatic heterocycles. The summed E-state index contributed by atoms with van der Waals surface area (Å²) >= 11 is 0. The molecular weight excluding hydrogens is 757 g/mol. The van der Waals surface area contributed by atoms with Crippen molar-refractivity contribution in [1.82, 2.24) is 19.5 Å². The molecule has 0 aliphatic carbocycles. The predicted octanol–water partition coefficient (Wildman–Crippen LogP) is 9.41. The van der Waals surface area contributed by atoms with E-state index in [1.165, 1.54) is 4.57 Å². The fourth-order valence-corrected chi connectivity index (χ4v) is 7.98. The van der Waals surface area contributed by atoms with Gasteiger partial charge in [0.05, 0.1) is 21.8 Å². The van der Waals surface area contributed by atoms with Crippen LogP contribution in [0.15, 0.2) is 118 Å². The van der Waals surface area contributed by atoms with Crippen molar-refractivity contribution in [2.45, 2.75) is 0 Å². The van der Waals surface area contributed by atoms with Crippen LogP contribution in [0.3, 0.4) is 0 Å². The molecule has 59 heavy (non-hydrogen) atoms. The Balaban J connectivity index is 1.14. The first-order chi connectivity index (χ1) is 28.6. The molecule has 0 radical (unpaired) electrons. The lowest BCUT2D eigenvalue weighted by atomic mass is 10.1. The van der Waals surface area contributed by atoms with Crippen LogP contribution in [-0.4, -0.2) is 60.4 Å². The summed E-state index contributed by atoms with van der Waals surface area (Å²) in [5, 5.41) is 88.8. The summed E-state index contributed by atoms with van der Waals surface area (Å²) in [6.45, 7) is 0. The highest BCUT2D eigenvalue weighted by molar-refractivity contribution is 6.22. The van der Waals surface area contributed by atoms with E-state index in [1.807, 2.05) is 72.8 Å². The number of benzene rings is 7. The highest BCUT2D eigenvalue weighted by Gasteiger charge is 2.33. The van der Waals surface area contributed by atoms with Gasteiger partial charge in [0, 0.05) is 32.8 Å². The van der Waals surface area contributed by atoms with Crippen LogP contribution >= 0.6 is 0 Å². The summed E-state index contributed by atoms with van der Waals surface area (Å²) in [5.74, 6) is -7.06. The molecular formula is C45H26N4O10. The van der Waals surface area contributed by atoms with Crippen LogP contribution in [0.25, 0.3) is 106 Å². The van der Waals surface area contributed by atoms with Gasteiger partial charge in [-0.3, -0.25) is 0 Å². The smallest absolute Gasteiger partial charge is 0.206 e. The average molecular weight is 783 g/mol. The topological polar surface area (TPSA) is 232 Å². The third-order valence-electron chi connectivity index (χ3n) is 10.7. The van der Waals surface area contributed by atoms with E-state index in [2.05, 4.69) is 0 Å². The molecule has 0 spiro atoms. The molecule has 14 heteroatoms.